The first-order valence-corrected chi connectivity index (χ1v) is 6.28. The maximum Gasteiger partial charge on any atom is 0.227 e. The standard InChI is InChI=1S/C14H19NO4/c1-17-13(18-2)8-15-14(16)11-7-10-5-3-4-6-12(10)19-9-11/h3-6,11,13H,7-9H2,1-2H3,(H,15,16). The summed E-state index contributed by atoms with van der Waals surface area (Å²) in [6, 6.07) is 7.80. The summed E-state index contributed by atoms with van der Waals surface area (Å²) >= 11 is 0. The molecule has 0 saturated heterocycles. The van der Waals surface area contributed by atoms with E-state index in [-0.39, 0.29) is 11.8 Å². The van der Waals surface area contributed by atoms with Gasteiger partial charge in [-0.15, -0.1) is 0 Å². The van der Waals surface area contributed by atoms with Crippen LogP contribution in [0.4, 0.5) is 0 Å². The topological polar surface area (TPSA) is 56.8 Å². The van der Waals surface area contributed by atoms with E-state index in [1.807, 2.05) is 24.3 Å². The summed E-state index contributed by atoms with van der Waals surface area (Å²) in [5, 5.41) is 2.82. The number of carbonyl (C=O) groups is 1. The Kier molecular flexibility index (Phi) is 4.76. The van der Waals surface area contributed by atoms with Crippen LogP contribution < -0.4 is 10.1 Å². The Hall–Kier alpha value is -1.59. The number of amides is 1. The Balaban J connectivity index is 1.88. The molecule has 1 N–H and O–H groups in total. The lowest BCUT2D eigenvalue weighted by Crippen LogP contribution is -2.41. The molecule has 2 rings (SSSR count). The van der Waals surface area contributed by atoms with Crippen molar-refractivity contribution in [1.82, 2.24) is 5.32 Å². The Morgan fingerprint density at radius 1 is 1.42 bits per heavy atom. The fraction of sp³-hybridized carbons (Fsp3) is 0.500. The molecule has 5 heteroatoms. The molecule has 0 fully saturated rings. The maximum absolute atomic E-state index is 12.0. The molecule has 0 aromatic heterocycles. The van der Waals surface area contributed by atoms with Crippen LogP contribution in [-0.4, -0.2) is 39.6 Å². The minimum Gasteiger partial charge on any atom is -0.492 e. The number of nitrogens with one attached hydrogen (secondary N) is 1. The number of hydrogen-bond acceptors (Lipinski definition) is 4. The molecule has 1 aliphatic rings. The third kappa shape index (κ3) is 3.45. The lowest BCUT2D eigenvalue weighted by atomic mass is 9.96. The molecule has 0 radical (unpaired) electrons. The monoisotopic (exact) mass is 265 g/mol. The van der Waals surface area contributed by atoms with Gasteiger partial charge in [-0.2, -0.15) is 0 Å². The quantitative estimate of drug-likeness (QED) is 0.806. The highest BCUT2D eigenvalue weighted by atomic mass is 16.7. The number of benzene rings is 1. The van der Waals surface area contributed by atoms with Gasteiger partial charge in [-0.3, -0.25) is 4.79 Å². The molecule has 0 bridgehead atoms. The molecule has 0 spiro atoms. The average Bonchev–Trinajstić information content (AvgIpc) is 2.47. The van der Waals surface area contributed by atoms with Crippen molar-refractivity contribution >= 4 is 5.91 Å². The molecule has 1 aromatic carbocycles. The van der Waals surface area contributed by atoms with Gasteiger partial charge >= 0.3 is 0 Å². The number of hydrogen-bond donors (Lipinski definition) is 1. The highest BCUT2D eigenvalue weighted by molar-refractivity contribution is 5.79. The Labute approximate surface area is 112 Å². The van der Waals surface area contributed by atoms with Gasteiger partial charge in [0.15, 0.2) is 6.29 Å². The number of para-hydroxylation sites is 1. The summed E-state index contributed by atoms with van der Waals surface area (Å²) in [4.78, 5) is 12.0. The second kappa shape index (κ2) is 6.54. The van der Waals surface area contributed by atoms with Crippen molar-refractivity contribution in [3.63, 3.8) is 0 Å². The molecule has 1 heterocycles. The molecular formula is C14H19NO4. The van der Waals surface area contributed by atoms with Gasteiger partial charge in [0.2, 0.25) is 5.91 Å². The lowest BCUT2D eigenvalue weighted by Gasteiger charge is -2.25. The molecule has 0 aliphatic carbocycles. The summed E-state index contributed by atoms with van der Waals surface area (Å²) in [6.45, 7) is 0.747. The van der Waals surface area contributed by atoms with Crippen LogP contribution in [0.15, 0.2) is 24.3 Å². The van der Waals surface area contributed by atoms with Crippen LogP contribution in [0, 0.1) is 5.92 Å². The van der Waals surface area contributed by atoms with Gasteiger partial charge in [-0.1, -0.05) is 18.2 Å². The number of fused-ring (bicyclic) bond motifs is 1. The smallest absolute Gasteiger partial charge is 0.227 e. The summed E-state index contributed by atoms with van der Waals surface area (Å²) in [7, 11) is 3.08. The average molecular weight is 265 g/mol. The van der Waals surface area contributed by atoms with Crippen molar-refractivity contribution in [2.24, 2.45) is 5.92 Å². The van der Waals surface area contributed by atoms with E-state index in [0.29, 0.717) is 19.6 Å². The van der Waals surface area contributed by atoms with Gasteiger partial charge in [0.05, 0.1) is 12.5 Å². The molecule has 1 amide bonds. The minimum absolute atomic E-state index is 0.0337. The van der Waals surface area contributed by atoms with Crippen LogP contribution in [0.5, 0.6) is 5.75 Å². The summed E-state index contributed by atoms with van der Waals surface area (Å²) in [6.07, 6.45) is 0.285. The molecule has 5 nitrogen and oxygen atoms in total. The molecular weight excluding hydrogens is 246 g/mol. The number of methoxy groups -OCH3 is 2. The zero-order chi connectivity index (χ0) is 13.7. The maximum atomic E-state index is 12.0. The van der Waals surface area contributed by atoms with Gasteiger partial charge in [-0.05, 0) is 18.1 Å². The van der Waals surface area contributed by atoms with E-state index in [4.69, 9.17) is 14.2 Å². The van der Waals surface area contributed by atoms with Gasteiger partial charge in [0, 0.05) is 14.2 Å². The van der Waals surface area contributed by atoms with Crippen LogP contribution in [0.25, 0.3) is 0 Å². The summed E-state index contributed by atoms with van der Waals surface area (Å²) in [5.41, 5.74) is 1.07. The van der Waals surface area contributed by atoms with E-state index in [1.54, 1.807) is 14.2 Å². The molecule has 1 unspecified atom stereocenters. The van der Waals surface area contributed by atoms with Gasteiger partial charge < -0.3 is 19.5 Å². The van der Waals surface area contributed by atoms with Crippen molar-refractivity contribution in [2.45, 2.75) is 12.7 Å². The zero-order valence-electron chi connectivity index (χ0n) is 11.2. The van der Waals surface area contributed by atoms with Crippen molar-refractivity contribution in [2.75, 3.05) is 27.4 Å². The molecule has 0 saturated carbocycles. The third-order valence-corrected chi connectivity index (χ3v) is 3.22. The molecule has 1 aromatic rings. The Morgan fingerprint density at radius 2 is 2.16 bits per heavy atom. The van der Waals surface area contributed by atoms with Crippen LogP contribution >= 0.6 is 0 Å². The Bertz CT molecular complexity index is 431. The van der Waals surface area contributed by atoms with Crippen molar-refractivity contribution < 1.29 is 19.0 Å². The van der Waals surface area contributed by atoms with Gasteiger partial charge in [0.25, 0.3) is 0 Å². The summed E-state index contributed by atoms with van der Waals surface area (Å²) < 4.78 is 15.6. The predicted molar refractivity (Wildman–Crippen MR) is 69.9 cm³/mol. The molecule has 104 valence electrons. The van der Waals surface area contributed by atoms with E-state index in [1.165, 1.54) is 0 Å². The SMILES string of the molecule is COC(CNC(=O)C1COc2ccccc2C1)OC. The van der Waals surface area contributed by atoms with E-state index < -0.39 is 6.29 Å². The number of carbonyl (C=O) groups excluding carboxylic acids is 1. The highest BCUT2D eigenvalue weighted by Crippen LogP contribution is 2.26. The lowest BCUT2D eigenvalue weighted by molar-refractivity contribution is -0.132. The van der Waals surface area contributed by atoms with E-state index in [9.17, 15) is 4.79 Å². The zero-order valence-corrected chi connectivity index (χ0v) is 11.2. The van der Waals surface area contributed by atoms with Gasteiger partial charge in [-0.25, -0.2) is 0 Å². The first-order chi connectivity index (χ1) is 9.24. The summed E-state index contributed by atoms with van der Waals surface area (Å²) in [5.74, 6) is 0.677. The number of rotatable bonds is 5. The Morgan fingerprint density at radius 3 is 2.89 bits per heavy atom. The van der Waals surface area contributed by atoms with Crippen LogP contribution in [0.3, 0.4) is 0 Å². The van der Waals surface area contributed by atoms with Crippen molar-refractivity contribution in [1.29, 1.82) is 0 Å². The fourth-order valence-electron chi connectivity index (χ4n) is 2.09. The van der Waals surface area contributed by atoms with Crippen LogP contribution in [0.1, 0.15) is 5.56 Å². The first kappa shape index (κ1) is 13.8. The van der Waals surface area contributed by atoms with Gasteiger partial charge in [0.1, 0.15) is 12.4 Å². The molecule has 1 atom stereocenters. The van der Waals surface area contributed by atoms with E-state index in [0.717, 1.165) is 11.3 Å². The van der Waals surface area contributed by atoms with E-state index >= 15 is 0 Å². The highest BCUT2D eigenvalue weighted by Gasteiger charge is 2.25. The van der Waals surface area contributed by atoms with E-state index in [2.05, 4.69) is 5.32 Å². The normalized spacial score (nSPS) is 17.7. The predicted octanol–water partition coefficient (Wildman–Crippen LogP) is 0.973. The first-order valence-electron chi connectivity index (χ1n) is 6.28. The largest absolute Gasteiger partial charge is 0.492 e. The van der Waals surface area contributed by atoms with Crippen LogP contribution in [0.2, 0.25) is 0 Å². The van der Waals surface area contributed by atoms with Crippen molar-refractivity contribution in [3.8, 4) is 5.75 Å². The second-order valence-corrected chi connectivity index (χ2v) is 4.47. The third-order valence-electron chi connectivity index (χ3n) is 3.22. The fourth-order valence-corrected chi connectivity index (χ4v) is 2.09. The van der Waals surface area contributed by atoms with Crippen molar-refractivity contribution in [3.05, 3.63) is 29.8 Å². The van der Waals surface area contributed by atoms with Crippen LogP contribution in [-0.2, 0) is 20.7 Å². The number of ether oxygens (including phenoxy) is 3. The minimum atomic E-state index is -0.416. The molecule has 19 heavy (non-hydrogen) atoms. The molecule has 1 aliphatic heterocycles. The second-order valence-electron chi connectivity index (χ2n) is 4.47.